The van der Waals surface area contributed by atoms with Gasteiger partial charge in [0.05, 0.1) is 34.6 Å². The second-order valence-electron chi connectivity index (χ2n) is 18.2. The smallest absolute Gasteiger partial charge is 0.410 e. The number of ether oxygens (including phenoxy) is 3. The summed E-state index contributed by atoms with van der Waals surface area (Å²) in [5.41, 5.74) is 4.09. The monoisotopic (exact) mass is 846 g/mol. The molecule has 2 fully saturated rings. The first kappa shape index (κ1) is 43.1. The maximum Gasteiger partial charge on any atom is 0.410 e. The molecule has 0 unspecified atom stereocenters. The molecule has 4 heterocycles. The molecule has 1 aromatic heterocycles. The number of aryl methyl sites for hydroxylation is 1. The zero-order valence-corrected chi connectivity index (χ0v) is 38.0. The van der Waals surface area contributed by atoms with Gasteiger partial charge in [-0.15, -0.1) is 5.54 Å². The molecular weight excluding hydrogens is 790 g/mol. The zero-order chi connectivity index (χ0) is 42.7. The Morgan fingerprint density at radius 3 is 2.32 bits per heavy atom. The van der Waals surface area contributed by atoms with E-state index in [1.807, 2.05) is 31.9 Å². The normalized spacial score (nSPS) is 19.3. The molecule has 1 amide bonds. The molecule has 0 spiro atoms. The van der Waals surface area contributed by atoms with Gasteiger partial charge < -0.3 is 19.1 Å². The highest BCUT2D eigenvalue weighted by Gasteiger charge is 2.51. The third-order valence-corrected chi connectivity index (χ3v) is 19.6. The second-order valence-corrected chi connectivity index (χ2v) is 24.6. The first-order valence-corrected chi connectivity index (χ1v) is 24.3. The fraction of sp³-hybridized carbons (Fsp3) is 0.543. The number of amides is 1. The van der Waals surface area contributed by atoms with Crippen molar-refractivity contribution in [2.75, 3.05) is 31.6 Å². The maximum absolute atomic E-state index is 17.8. The van der Waals surface area contributed by atoms with Crippen LogP contribution in [0, 0.1) is 28.9 Å². The number of carbonyl (C=O) groups is 1. The van der Waals surface area contributed by atoms with Gasteiger partial charge >= 0.3 is 6.09 Å². The van der Waals surface area contributed by atoms with E-state index < -0.39 is 31.1 Å². The number of nitrogens with zero attached hydrogens (tertiary/aromatic N) is 4. The fourth-order valence-corrected chi connectivity index (χ4v) is 15.9. The summed E-state index contributed by atoms with van der Waals surface area (Å²) >= 11 is 1.28. The Labute approximate surface area is 352 Å². The largest absolute Gasteiger partial charge is 0.468 e. The molecular formula is C46H57F3N4O4SSi. The van der Waals surface area contributed by atoms with Gasteiger partial charge in [-0.05, 0) is 99.3 Å². The Morgan fingerprint density at radius 2 is 1.68 bits per heavy atom. The number of rotatable bonds is 8. The van der Waals surface area contributed by atoms with Crippen LogP contribution in [0.15, 0.2) is 29.4 Å². The lowest BCUT2D eigenvalue weighted by Gasteiger charge is -2.48. The molecule has 2 bridgehead atoms. The number of methoxy groups -OCH3 is 1. The number of hydrogen-bond acceptors (Lipinski definition) is 8. The molecule has 4 aromatic rings. The molecule has 3 atom stereocenters. The summed E-state index contributed by atoms with van der Waals surface area (Å²) in [6.07, 6.45) is 4.59. The molecule has 0 radical (unpaired) electrons. The van der Waals surface area contributed by atoms with E-state index in [2.05, 4.69) is 57.9 Å². The minimum Gasteiger partial charge on any atom is -0.468 e. The molecule has 0 saturated carbocycles. The van der Waals surface area contributed by atoms with E-state index in [1.165, 1.54) is 24.9 Å². The highest BCUT2D eigenvalue weighted by molar-refractivity contribution is 7.98. The average molecular weight is 847 g/mol. The molecule has 0 N–H and O–H groups in total. The van der Waals surface area contributed by atoms with Crippen LogP contribution in [-0.4, -0.2) is 79.5 Å². The molecule has 3 aromatic carbocycles. The van der Waals surface area contributed by atoms with E-state index in [9.17, 15) is 4.79 Å². The van der Waals surface area contributed by atoms with Crippen LogP contribution in [0.5, 0.6) is 5.75 Å². The summed E-state index contributed by atoms with van der Waals surface area (Å²) in [4.78, 5) is 27.3. The SMILES string of the molecule is COCOc1cc(-c2c(F)c3c4c(nc(SC)nc4c2F)N2C[C@H]4CC[C@@H]([C@H]2CCC3)N4C(=O)OC(C)(C)C)c2c(C#C[Si](C(C)C)(C(C)C)C(C)C)c(F)ccc2c1. The van der Waals surface area contributed by atoms with Crippen molar-refractivity contribution in [3.63, 3.8) is 0 Å². The van der Waals surface area contributed by atoms with Crippen LogP contribution < -0.4 is 9.64 Å². The quantitative estimate of drug-likeness (QED) is 0.0571. The Morgan fingerprint density at radius 1 is 0.966 bits per heavy atom. The fourth-order valence-electron chi connectivity index (χ4n) is 10.4. The van der Waals surface area contributed by atoms with Gasteiger partial charge in [-0.3, -0.25) is 4.90 Å². The summed E-state index contributed by atoms with van der Waals surface area (Å²) in [5, 5.41) is 1.51. The molecule has 0 aliphatic carbocycles. The van der Waals surface area contributed by atoms with Gasteiger partial charge in [-0.25, -0.2) is 27.9 Å². The van der Waals surface area contributed by atoms with Crippen LogP contribution in [-0.2, 0) is 15.9 Å². The van der Waals surface area contributed by atoms with Crippen LogP contribution >= 0.6 is 11.8 Å². The number of halogens is 3. The molecule has 7 rings (SSSR count). The number of anilines is 1. The van der Waals surface area contributed by atoms with Gasteiger partial charge in [0.15, 0.2) is 17.8 Å². The first-order chi connectivity index (χ1) is 27.9. The van der Waals surface area contributed by atoms with Gasteiger partial charge in [0.1, 0.15) is 42.4 Å². The summed E-state index contributed by atoms with van der Waals surface area (Å²) in [7, 11) is -0.857. The Bertz CT molecular complexity index is 2340. The van der Waals surface area contributed by atoms with Crippen LogP contribution in [0.4, 0.5) is 23.8 Å². The van der Waals surface area contributed by atoms with E-state index in [1.54, 1.807) is 18.2 Å². The van der Waals surface area contributed by atoms with Crippen molar-refractivity contribution in [2.24, 2.45) is 0 Å². The van der Waals surface area contributed by atoms with E-state index >= 15 is 13.2 Å². The highest BCUT2D eigenvalue weighted by atomic mass is 32.2. The van der Waals surface area contributed by atoms with Crippen LogP contribution in [0.3, 0.4) is 0 Å². The number of benzene rings is 3. The number of thioether (sulfide) groups is 1. The molecule has 8 nitrogen and oxygen atoms in total. The average Bonchev–Trinajstić information content (AvgIpc) is 3.49. The summed E-state index contributed by atoms with van der Waals surface area (Å²) in [6, 6.07) is 5.84. The van der Waals surface area contributed by atoms with Crippen molar-refractivity contribution in [2.45, 2.75) is 140 Å². The lowest BCUT2D eigenvalue weighted by Crippen LogP contribution is -2.62. The van der Waals surface area contributed by atoms with Crippen LogP contribution in [0.25, 0.3) is 32.8 Å². The Hall–Kier alpha value is -3.99. The number of aromatic nitrogens is 2. The van der Waals surface area contributed by atoms with Gasteiger partial charge in [0, 0.05) is 30.2 Å². The molecule has 316 valence electrons. The summed E-state index contributed by atoms with van der Waals surface area (Å²) in [5.74, 6) is 1.91. The molecule has 2 saturated heterocycles. The minimum atomic E-state index is -2.35. The van der Waals surface area contributed by atoms with Crippen molar-refractivity contribution in [1.29, 1.82) is 0 Å². The van der Waals surface area contributed by atoms with Crippen molar-refractivity contribution in [3.05, 3.63) is 52.8 Å². The van der Waals surface area contributed by atoms with Crippen LogP contribution in [0.2, 0.25) is 16.6 Å². The van der Waals surface area contributed by atoms with Gasteiger partial charge in [-0.2, -0.15) is 0 Å². The van der Waals surface area contributed by atoms with Crippen molar-refractivity contribution in [1.82, 2.24) is 14.9 Å². The Balaban J connectivity index is 1.48. The summed E-state index contributed by atoms with van der Waals surface area (Å²) < 4.78 is 69.0. The van der Waals surface area contributed by atoms with Crippen molar-refractivity contribution < 1.29 is 32.2 Å². The molecule has 59 heavy (non-hydrogen) atoms. The van der Waals surface area contributed by atoms with Crippen molar-refractivity contribution >= 4 is 53.4 Å². The predicted octanol–water partition coefficient (Wildman–Crippen LogP) is 11.4. The second kappa shape index (κ2) is 16.5. The Kier molecular flexibility index (Phi) is 12.0. The van der Waals surface area contributed by atoms with Gasteiger partial charge in [0.25, 0.3) is 0 Å². The number of piperazine rings is 1. The van der Waals surface area contributed by atoms with Gasteiger partial charge in [-0.1, -0.05) is 65.3 Å². The van der Waals surface area contributed by atoms with Crippen LogP contribution in [0.1, 0.15) is 99.1 Å². The maximum atomic E-state index is 17.8. The molecule has 13 heteroatoms. The third kappa shape index (κ3) is 7.56. The number of fused-ring (bicyclic) bond motifs is 6. The topological polar surface area (TPSA) is 77.0 Å². The third-order valence-electron chi connectivity index (χ3n) is 12.8. The van der Waals surface area contributed by atoms with E-state index in [-0.39, 0.29) is 76.3 Å². The molecule has 3 aliphatic heterocycles. The first-order valence-electron chi connectivity index (χ1n) is 20.9. The van der Waals surface area contributed by atoms with Gasteiger partial charge in [0.2, 0.25) is 0 Å². The number of carbonyl (C=O) groups excluding carboxylic acids is 1. The predicted molar refractivity (Wildman–Crippen MR) is 234 cm³/mol. The molecule has 3 aliphatic rings. The lowest BCUT2D eigenvalue weighted by molar-refractivity contribution is 0.00700. The lowest BCUT2D eigenvalue weighted by atomic mass is 9.87. The highest BCUT2D eigenvalue weighted by Crippen LogP contribution is 2.48. The summed E-state index contributed by atoms with van der Waals surface area (Å²) in [6.45, 7) is 19.1. The van der Waals surface area contributed by atoms with Crippen molar-refractivity contribution in [3.8, 4) is 28.3 Å². The standard InChI is InChI=1S/C46H57F3N4O4SSi/c1-25(2)59(26(3)4,27(5)6)20-19-31-34(47)17-15-28-21-30(56-24-55-10)22-33(37(28)31)38-40(48)32-13-12-14-35-36-18-16-29(53(36)45(54)57-46(7,8)9)23-52(35)43-39(32)42(41(38)49)50-44(51-43)58-11/h15,17,21-22,25-27,29,35-36H,12-14,16,18,23-24H2,1-11H3/t29-,35-,36+/m1/s1. The van der Waals surface area contributed by atoms with E-state index in [0.717, 1.165) is 12.8 Å². The van der Waals surface area contributed by atoms with E-state index in [4.69, 9.17) is 24.2 Å². The zero-order valence-electron chi connectivity index (χ0n) is 36.2. The minimum absolute atomic E-state index is 0.000401. The number of hydrogen-bond donors (Lipinski definition) is 0. The van der Waals surface area contributed by atoms with E-state index in [0.29, 0.717) is 57.8 Å².